The Labute approximate surface area is 117 Å². The van der Waals surface area contributed by atoms with Crippen LogP contribution in [0.5, 0.6) is 0 Å². The smallest absolute Gasteiger partial charge is 0.362 e. The van der Waals surface area contributed by atoms with Crippen LogP contribution < -0.4 is 0 Å². The predicted molar refractivity (Wildman–Crippen MR) is 76.8 cm³/mol. The summed E-state index contributed by atoms with van der Waals surface area (Å²) < 4.78 is 6.65. The lowest BCUT2D eigenvalue weighted by Crippen LogP contribution is -2.46. The van der Waals surface area contributed by atoms with Crippen LogP contribution in [0, 0.1) is 0 Å². The number of quaternary nitrogens is 1. The first kappa shape index (κ1) is 14.8. The number of likely N-dealkylation sites (tertiary alicyclic amines) is 1. The van der Waals surface area contributed by atoms with Crippen LogP contribution in [0.15, 0.2) is 0 Å². The highest BCUT2D eigenvalue weighted by Crippen LogP contribution is 2.21. The Kier molecular flexibility index (Phi) is 5.68. The molecule has 1 aliphatic carbocycles. The Balaban J connectivity index is 1.76. The van der Waals surface area contributed by atoms with Gasteiger partial charge in [0, 0.05) is 12.8 Å². The number of rotatable bonds is 3. The van der Waals surface area contributed by atoms with Crippen LogP contribution in [-0.4, -0.2) is 43.2 Å². The van der Waals surface area contributed by atoms with Crippen molar-refractivity contribution in [3.63, 3.8) is 0 Å². The number of esters is 1. The quantitative estimate of drug-likeness (QED) is 0.580. The van der Waals surface area contributed by atoms with Crippen molar-refractivity contribution in [2.24, 2.45) is 0 Å². The molecule has 0 atom stereocenters. The summed E-state index contributed by atoms with van der Waals surface area (Å²) in [4.78, 5) is 12.1. The van der Waals surface area contributed by atoms with E-state index >= 15 is 0 Å². The van der Waals surface area contributed by atoms with Gasteiger partial charge >= 0.3 is 5.97 Å². The van der Waals surface area contributed by atoms with Crippen molar-refractivity contribution in [3.8, 4) is 0 Å². The molecule has 0 unspecified atom stereocenters. The predicted octanol–water partition coefficient (Wildman–Crippen LogP) is 3.27. The normalized spacial score (nSPS) is 25.3. The van der Waals surface area contributed by atoms with Crippen molar-refractivity contribution in [2.45, 2.75) is 70.3 Å². The van der Waals surface area contributed by atoms with E-state index in [4.69, 9.17) is 4.74 Å². The maximum absolute atomic E-state index is 12.1. The fourth-order valence-corrected chi connectivity index (χ4v) is 3.51. The Hall–Kier alpha value is -0.570. The largest absolute Gasteiger partial charge is 0.458 e. The molecule has 1 heterocycles. The summed E-state index contributed by atoms with van der Waals surface area (Å²) in [6.07, 6.45) is 12.6. The van der Waals surface area contributed by atoms with E-state index in [1.807, 2.05) is 0 Å². The average molecular weight is 268 g/mol. The average Bonchev–Trinajstić information content (AvgIpc) is 2.81. The van der Waals surface area contributed by atoms with Gasteiger partial charge in [0.2, 0.25) is 0 Å². The fourth-order valence-electron chi connectivity index (χ4n) is 3.51. The summed E-state index contributed by atoms with van der Waals surface area (Å²) in [6, 6.07) is 0. The molecule has 110 valence electrons. The van der Waals surface area contributed by atoms with Crippen LogP contribution in [-0.2, 0) is 9.53 Å². The molecule has 0 amide bonds. The molecule has 0 aromatic heterocycles. The van der Waals surface area contributed by atoms with E-state index in [0.717, 1.165) is 30.4 Å². The van der Waals surface area contributed by atoms with Crippen molar-refractivity contribution >= 4 is 5.97 Å². The summed E-state index contributed by atoms with van der Waals surface area (Å²) in [5.41, 5.74) is 0. The lowest BCUT2D eigenvalue weighted by Gasteiger charge is -2.28. The molecule has 0 N–H and O–H groups in total. The molecule has 0 aromatic rings. The van der Waals surface area contributed by atoms with Crippen molar-refractivity contribution in [3.05, 3.63) is 0 Å². The van der Waals surface area contributed by atoms with E-state index in [0.29, 0.717) is 6.54 Å². The van der Waals surface area contributed by atoms with E-state index in [2.05, 4.69) is 7.05 Å². The van der Waals surface area contributed by atoms with E-state index < -0.39 is 0 Å². The van der Waals surface area contributed by atoms with Crippen molar-refractivity contribution in [1.82, 2.24) is 0 Å². The van der Waals surface area contributed by atoms with Crippen LogP contribution in [0.4, 0.5) is 0 Å². The molecule has 3 nitrogen and oxygen atoms in total. The van der Waals surface area contributed by atoms with Gasteiger partial charge in [0.1, 0.15) is 6.10 Å². The first-order valence-electron chi connectivity index (χ1n) is 8.21. The number of likely N-dealkylation sites (N-methyl/N-ethyl adjacent to an activating group) is 1. The second-order valence-electron chi connectivity index (χ2n) is 6.74. The third-order valence-electron chi connectivity index (χ3n) is 4.76. The van der Waals surface area contributed by atoms with Crippen LogP contribution in [0.3, 0.4) is 0 Å². The third kappa shape index (κ3) is 5.13. The molecule has 2 rings (SSSR count). The Morgan fingerprint density at radius 2 is 1.47 bits per heavy atom. The van der Waals surface area contributed by atoms with Crippen LogP contribution in [0.25, 0.3) is 0 Å². The van der Waals surface area contributed by atoms with Gasteiger partial charge in [-0.1, -0.05) is 25.7 Å². The second kappa shape index (κ2) is 7.28. The van der Waals surface area contributed by atoms with Crippen LogP contribution in [0.1, 0.15) is 64.2 Å². The van der Waals surface area contributed by atoms with Gasteiger partial charge in [-0.2, -0.15) is 0 Å². The van der Waals surface area contributed by atoms with Gasteiger partial charge in [-0.25, -0.2) is 4.79 Å². The lowest BCUT2D eigenvalue weighted by molar-refractivity contribution is -0.890. The first-order valence-corrected chi connectivity index (χ1v) is 8.21. The molecular formula is C16H30NO2+. The van der Waals surface area contributed by atoms with E-state index in [1.54, 1.807) is 0 Å². The van der Waals surface area contributed by atoms with Crippen molar-refractivity contribution in [2.75, 3.05) is 26.7 Å². The number of carbonyl (C=O) groups is 1. The molecule has 2 aliphatic rings. The van der Waals surface area contributed by atoms with Crippen molar-refractivity contribution < 1.29 is 14.0 Å². The van der Waals surface area contributed by atoms with Crippen LogP contribution in [0.2, 0.25) is 0 Å². The zero-order chi connectivity index (χ0) is 13.6. The molecule has 0 spiro atoms. The lowest BCUT2D eigenvalue weighted by atomic mass is 10.1. The Morgan fingerprint density at radius 1 is 0.947 bits per heavy atom. The standard InChI is InChI=1S/C16H30NO2/c1-17(12-8-9-13-17)14-16(18)19-15-10-6-4-2-3-5-7-11-15/h15H,2-14H2,1H3/q+1. The fraction of sp³-hybridized carbons (Fsp3) is 0.938. The zero-order valence-corrected chi connectivity index (χ0v) is 12.5. The van der Waals surface area contributed by atoms with Gasteiger partial charge in [-0.3, -0.25) is 0 Å². The van der Waals surface area contributed by atoms with Crippen LogP contribution >= 0.6 is 0 Å². The summed E-state index contributed by atoms with van der Waals surface area (Å²) >= 11 is 0. The number of hydrogen-bond donors (Lipinski definition) is 0. The van der Waals surface area contributed by atoms with Gasteiger partial charge in [-0.15, -0.1) is 0 Å². The number of ether oxygens (including phenoxy) is 1. The second-order valence-corrected chi connectivity index (χ2v) is 6.74. The maximum atomic E-state index is 12.1. The molecule has 1 saturated carbocycles. The topological polar surface area (TPSA) is 26.3 Å². The molecule has 2 fully saturated rings. The first-order chi connectivity index (χ1) is 9.18. The SMILES string of the molecule is C[N+]1(CC(=O)OC2CCCCCCCC2)CCCC1. The summed E-state index contributed by atoms with van der Waals surface area (Å²) in [7, 11) is 2.19. The highest BCUT2D eigenvalue weighted by molar-refractivity contribution is 5.70. The highest BCUT2D eigenvalue weighted by Gasteiger charge is 2.31. The molecule has 1 aliphatic heterocycles. The zero-order valence-electron chi connectivity index (χ0n) is 12.5. The summed E-state index contributed by atoms with van der Waals surface area (Å²) in [5, 5.41) is 0. The molecule has 3 heteroatoms. The number of carbonyl (C=O) groups excluding carboxylic acids is 1. The molecule has 0 aromatic carbocycles. The van der Waals surface area contributed by atoms with E-state index in [1.165, 1.54) is 51.4 Å². The molecular weight excluding hydrogens is 238 g/mol. The number of nitrogens with zero attached hydrogens (tertiary/aromatic N) is 1. The Morgan fingerprint density at radius 3 is 2.05 bits per heavy atom. The van der Waals surface area contributed by atoms with Gasteiger partial charge < -0.3 is 9.22 Å². The molecule has 0 bridgehead atoms. The van der Waals surface area contributed by atoms with E-state index in [-0.39, 0.29) is 12.1 Å². The summed E-state index contributed by atoms with van der Waals surface area (Å²) in [5.74, 6) is 0.0358. The molecule has 19 heavy (non-hydrogen) atoms. The van der Waals surface area contributed by atoms with Gasteiger partial charge in [0.05, 0.1) is 20.1 Å². The third-order valence-corrected chi connectivity index (χ3v) is 4.76. The minimum absolute atomic E-state index is 0.0358. The maximum Gasteiger partial charge on any atom is 0.362 e. The van der Waals surface area contributed by atoms with Gasteiger partial charge in [-0.05, 0) is 25.7 Å². The minimum atomic E-state index is 0.0358. The van der Waals surface area contributed by atoms with Crippen molar-refractivity contribution in [1.29, 1.82) is 0 Å². The highest BCUT2D eigenvalue weighted by atomic mass is 16.5. The minimum Gasteiger partial charge on any atom is -0.458 e. The van der Waals surface area contributed by atoms with Gasteiger partial charge in [0.25, 0.3) is 0 Å². The monoisotopic (exact) mass is 268 g/mol. The van der Waals surface area contributed by atoms with E-state index in [9.17, 15) is 4.79 Å². The Bertz CT molecular complexity index is 274. The van der Waals surface area contributed by atoms with Gasteiger partial charge in [0.15, 0.2) is 6.54 Å². The molecule has 1 saturated heterocycles. The molecule has 0 radical (unpaired) electrons. The summed E-state index contributed by atoms with van der Waals surface area (Å²) in [6.45, 7) is 2.86. The number of hydrogen-bond acceptors (Lipinski definition) is 2.